The lowest BCUT2D eigenvalue weighted by Gasteiger charge is -2.37. The fraction of sp³-hybridized carbons (Fsp3) is 0.522. The number of allylic oxidation sites excluding steroid dienone is 1. The van der Waals surface area contributed by atoms with E-state index in [1.54, 1.807) is 6.08 Å². The predicted octanol–water partition coefficient (Wildman–Crippen LogP) is 5.09. The number of nitrogens with two attached hydrogens (primary N) is 1. The lowest BCUT2D eigenvalue weighted by molar-refractivity contribution is -0.274. The first-order valence-corrected chi connectivity index (χ1v) is 12.0. The van der Waals surface area contributed by atoms with Crippen LogP contribution in [0.25, 0.3) is 10.2 Å². The van der Waals surface area contributed by atoms with Crippen LogP contribution in [0, 0.1) is 11.3 Å². The van der Waals surface area contributed by atoms with E-state index in [1.807, 2.05) is 13.8 Å². The van der Waals surface area contributed by atoms with Gasteiger partial charge in [0.2, 0.25) is 5.91 Å². The summed E-state index contributed by atoms with van der Waals surface area (Å²) in [6, 6.07) is 3.83. The summed E-state index contributed by atoms with van der Waals surface area (Å²) in [5, 5.41) is 5.94. The van der Waals surface area contributed by atoms with Crippen molar-refractivity contribution in [2.45, 2.75) is 58.7 Å². The van der Waals surface area contributed by atoms with E-state index in [0.29, 0.717) is 21.9 Å². The normalized spacial score (nSPS) is 16.5. The van der Waals surface area contributed by atoms with Crippen LogP contribution in [0.15, 0.2) is 30.0 Å². The highest BCUT2D eigenvalue weighted by Gasteiger charge is 2.35. The minimum absolute atomic E-state index is 0.144. The number of rotatable bonds is 8. The molecule has 3 rings (SSSR count). The zero-order valence-corrected chi connectivity index (χ0v) is 19.9. The Balaban J connectivity index is 1.66. The molecule has 1 aliphatic rings. The number of thiazole rings is 1. The summed E-state index contributed by atoms with van der Waals surface area (Å²) in [6.07, 6.45) is 1.70. The summed E-state index contributed by atoms with van der Waals surface area (Å²) in [4.78, 5) is 29.5. The third-order valence-corrected chi connectivity index (χ3v) is 6.62. The Morgan fingerprint density at radius 2 is 1.97 bits per heavy atom. The molecule has 0 saturated heterocycles. The molecular formula is C23H29F3N4O3S. The second-order valence-corrected chi connectivity index (χ2v) is 10.1. The smallest absolute Gasteiger partial charge is 0.406 e. The van der Waals surface area contributed by atoms with Crippen molar-refractivity contribution in [3.8, 4) is 5.75 Å². The first-order chi connectivity index (χ1) is 15.9. The quantitative estimate of drug-likeness (QED) is 0.440. The van der Waals surface area contributed by atoms with E-state index in [2.05, 4.69) is 20.4 Å². The summed E-state index contributed by atoms with van der Waals surface area (Å²) in [5.74, 6) is -0.802. The van der Waals surface area contributed by atoms with E-state index in [9.17, 15) is 22.8 Å². The van der Waals surface area contributed by atoms with Crippen LogP contribution in [0.3, 0.4) is 0 Å². The second kappa shape index (κ2) is 10.6. The molecule has 2 aromatic rings. The number of carbonyl (C=O) groups is 2. The Bertz CT molecular complexity index is 1060. The Labute approximate surface area is 199 Å². The number of ether oxygens (including phenoxy) is 1. The molecule has 7 nitrogen and oxygen atoms in total. The van der Waals surface area contributed by atoms with E-state index in [4.69, 9.17) is 5.73 Å². The topological polar surface area (TPSA) is 106 Å². The van der Waals surface area contributed by atoms with Crippen molar-refractivity contribution in [2.24, 2.45) is 17.1 Å². The fourth-order valence-electron chi connectivity index (χ4n) is 4.18. The number of aromatic nitrogens is 1. The number of nitrogens with one attached hydrogen (secondary N) is 2. The molecular weight excluding hydrogens is 469 g/mol. The van der Waals surface area contributed by atoms with Crippen molar-refractivity contribution in [3.05, 3.63) is 30.0 Å². The minimum Gasteiger partial charge on any atom is -0.406 e. The van der Waals surface area contributed by atoms with Crippen LogP contribution in [0.5, 0.6) is 5.75 Å². The number of fused-ring (bicyclic) bond motifs is 1. The standard InChI is InChI=1S/C23H29F3N4O3S/c1-14(2)10-16(27)20(32)28-13-22(8-4-3-5-9-22)12-19(31)30-21-29-17-7-6-15(11-18(17)34-21)33-23(24,25)26/h6-7,10-11,14H,3-5,8-9,12-13,27H2,1-2H3,(H,28,32)(H,29,30,31)/b16-10-. The van der Waals surface area contributed by atoms with E-state index in [1.165, 1.54) is 18.2 Å². The minimum atomic E-state index is -4.78. The van der Waals surface area contributed by atoms with Crippen LogP contribution in [-0.2, 0) is 9.59 Å². The number of halogens is 3. The summed E-state index contributed by atoms with van der Waals surface area (Å²) in [5.41, 5.74) is 6.09. The van der Waals surface area contributed by atoms with Gasteiger partial charge in [0.05, 0.1) is 15.9 Å². The van der Waals surface area contributed by atoms with Gasteiger partial charge in [-0.05, 0) is 36.3 Å². The number of hydrogen-bond acceptors (Lipinski definition) is 6. The zero-order valence-electron chi connectivity index (χ0n) is 19.1. The maximum Gasteiger partial charge on any atom is 0.573 e. The molecule has 1 fully saturated rings. The van der Waals surface area contributed by atoms with Gasteiger partial charge in [-0.3, -0.25) is 9.59 Å². The average Bonchev–Trinajstić information content (AvgIpc) is 3.12. The van der Waals surface area contributed by atoms with Gasteiger partial charge in [-0.25, -0.2) is 4.98 Å². The van der Waals surface area contributed by atoms with Gasteiger partial charge in [-0.15, -0.1) is 13.2 Å². The summed E-state index contributed by atoms with van der Waals surface area (Å²) < 4.78 is 41.8. The SMILES string of the molecule is CC(C)/C=C(\N)C(=O)NCC1(CC(=O)Nc2nc3ccc(OC(F)(F)F)cc3s2)CCCCC1. The van der Waals surface area contributed by atoms with Gasteiger partial charge in [-0.1, -0.05) is 50.5 Å². The summed E-state index contributed by atoms with van der Waals surface area (Å²) in [6.45, 7) is 4.20. The van der Waals surface area contributed by atoms with Gasteiger partial charge < -0.3 is 21.1 Å². The average molecular weight is 499 g/mol. The van der Waals surface area contributed by atoms with Gasteiger partial charge in [0.15, 0.2) is 5.13 Å². The van der Waals surface area contributed by atoms with Crippen molar-refractivity contribution < 1.29 is 27.5 Å². The summed E-state index contributed by atoms with van der Waals surface area (Å²) in [7, 11) is 0. The molecule has 1 aromatic carbocycles. The van der Waals surface area contributed by atoms with Crippen molar-refractivity contribution in [1.82, 2.24) is 10.3 Å². The molecule has 11 heteroatoms. The number of benzene rings is 1. The van der Waals surface area contributed by atoms with Crippen LogP contribution in [0.4, 0.5) is 18.3 Å². The fourth-order valence-corrected chi connectivity index (χ4v) is 5.09. The Hall–Kier alpha value is -2.82. The molecule has 0 spiro atoms. The molecule has 34 heavy (non-hydrogen) atoms. The monoisotopic (exact) mass is 498 g/mol. The zero-order chi connectivity index (χ0) is 24.9. The molecule has 1 aliphatic carbocycles. The van der Waals surface area contributed by atoms with Gasteiger partial charge >= 0.3 is 6.36 Å². The van der Waals surface area contributed by atoms with Gasteiger partial charge in [0.1, 0.15) is 5.75 Å². The molecule has 1 heterocycles. The molecule has 0 aliphatic heterocycles. The second-order valence-electron chi connectivity index (χ2n) is 9.03. The Morgan fingerprint density at radius 1 is 1.26 bits per heavy atom. The van der Waals surface area contributed by atoms with Gasteiger partial charge in [-0.2, -0.15) is 0 Å². The maximum absolute atomic E-state index is 12.9. The van der Waals surface area contributed by atoms with Crippen molar-refractivity contribution in [2.75, 3.05) is 11.9 Å². The molecule has 1 aromatic heterocycles. The third kappa shape index (κ3) is 7.34. The molecule has 0 bridgehead atoms. The van der Waals surface area contributed by atoms with Crippen molar-refractivity contribution in [1.29, 1.82) is 0 Å². The van der Waals surface area contributed by atoms with Crippen LogP contribution in [0.2, 0.25) is 0 Å². The molecule has 2 amide bonds. The number of alkyl halides is 3. The number of amides is 2. The molecule has 186 valence electrons. The Morgan fingerprint density at radius 3 is 2.62 bits per heavy atom. The predicted molar refractivity (Wildman–Crippen MR) is 125 cm³/mol. The molecule has 4 N–H and O–H groups in total. The van der Waals surface area contributed by atoms with E-state index >= 15 is 0 Å². The van der Waals surface area contributed by atoms with Crippen LogP contribution in [0.1, 0.15) is 52.4 Å². The third-order valence-electron chi connectivity index (χ3n) is 5.69. The highest BCUT2D eigenvalue weighted by molar-refractivity contribution is 7.22. The van der Waals surface area contributed by atoms with Crippen molar-refractivity contribution in [3.63, 3.8) is 0 Å². The van der Waals surface area contributed by atoms with Gasteiger partial charge in [0, 0.05) is 19.0 Å². The lowest BCUT2D eigenvalue weighted by atomic mass is 9.71. The molecule has 1 saturated carbocycles. The number of hydrogen-bond donors (Lipinski definition) is 3. The Kier molecular flexibility index (Phi) is 8.06. The number of anilines is 1. The van der Waals surface area contributed by atoms with Crippen LogP contribution >= 0.6 is 11.3 Å². The van der Waals surface area contributed by atoms with Crippen LogP contribution < -0.4 is 21.1 Å². The summed E-state index contributed by atoms with van der Waals surface area (Å²) >= 11 is 1.07. The maximum atomic E-state index is 12.9. The molecule has 0 atom stereocenters. The lowest BCUT2D eigenvalue weighted by Crippen LogP contribution is -2.42. The van der Waals surface area contributed by atoms with Gasteiger partial charge in [0.25, 0.3) is 5.91 Å². The highest BCUT2D eigenvalue weighted by atomic mass is 32.1. The van der Waals surface area contributed by atoms with Crippen molar-refractivity contribution >= 4 is 38.5 Å². The van der Waals surface area contributed by atoms with E-state index in [0.717, 1.165) is 43.4 Å². The molecule has 0 radical (unpaired) electrons. The molecule has 0 unspecified atom stereocenters. The van der Waals surface area contributed by atoms with E-state index in [-0.39, 0.29) is 41.0 Å². The number of nitrogens with zero attached hydrogens (tertiary/aromatic N) is 1. The first-order valence-electron chi connectivity index (χ1n) is 11.2. The highest BCUT2D eigenvalue weighted by Crippen LogP contribution is 2.39. The largest absolute Gasteiger partial charge is 0.573 e. The first kappa shape index (κ1) is 25.8. The van der Waals surface area contributed by atoms with Crippen LogP contribution in [-0.4, -0.2) is 29.7 Å². The number of carbonyl (C=O) groups excluding carboxylic acids is 2. The van der Waals surface area contributed by atoms with E-state index < -0.39 is 6.36 Å².